The summed E-state index contributed by atoms with van der Waals surface area (Å²) in [5, 5.41) is 0. The van der Waals surface area contributed by atoms with E-state index in [1.54, 1.807) is 18.0 Å². The molecule has 1 aromatic carbocycles. The Balaban J connectivity index is 1.70. The second-order valence-electron chi connectivity index (χ2n) is 6.50. The number of carbonyl (C=O) groups excluding carboxylic acids is 2. The van der Waals surface area contributed by atoms with Crippen molar-refractivity contribution in [2.75, 3.05) is 12.3 Å². The van der Waals surface area contributed by atoms with Gasteiger partial charge >= 0.3 is 0 Å². The molecule has 0 N–H and O–H groups in total. The smallest absolute Gasteiger partial charge is 0.255 e. The van der Waals surface area contributed by atoms with E-state index < -0.39 is 0 Å². The highest BCUT2D eigenvalue weighted by Crippen LogP contribution is 2.37. The van der Waals surface area contributed by atoms with Gasteiger partial charge in [-0.05, 0) is 37.0 Å². The third kappa shape index (κ3) is 3.09. The van der Waals surface area contributed by atoms with Crippen LogP contribution in [0, 0.1) is 0 Å². The Hall–Kier alpha value is -2.14. The minimum Gasteiger partial charge on any atom is -0.332 e. The number of hydrogen-bond acceptors (Lipinski definition) is 4. The van der Waals surface area contributed by atoms with Crippen molar-refractivity contribution >= 4 is 23.5 Å². The molecule has 2 aliphatic heterocycles. The monoisotopic (exact) mass is 352 g/mol. The molecule has 0 bridgehead atoms. The SMILES string of the molecule is O=C1CCSc2c1cccc2C(=O)N1CCCC[C@H]1c1cccnc1. The van der Waals surface area contributed by atoms with Crippen molar-refractivity contribution in [1.82, 2.24) is 9.88 Å². The molecule has 0 unspecified atom stereocenters. The van der Waals surface area contributed by atoms with Gasteiger partial charge < -0.3 is 4.90 Å². The molecule has 4 rings (SSSR count). The fourth-order valence-electron chi connectivity index (χ4n) is 3.71. The van der Waals surface area contributed by atoms with Crippen LogP contribution >= 0.6 is 11.8 Å². The van der Waals surface area contributed by atoms with Crippen LogP contribution in [0.15, 0.2) is 47.6 Å². The molecule has 4 nitrogen and oxygen atoms in total. The van der Waals surface area contributed by atoms with E-state index in [1.165, 1.54) is 0 Å². The molecule has 2 aromatic rings. The van der Waals surface area contributed by atoms with Crippen LogP contribution in [0.1, 0.15) is 58.0 Å². The van der Waals surface area contributed by atoms with Gasteiger partial charge in [0.15, 0.2) is 5.78 Å². The number of thioether (sulfide) groups is 1. The van der Waals surface area contributed by atoms with Gasteiger partial charge in [0.25, 0.3) is 5.91 Å². The van der Waals surface area contributed by atoms with Crippen LogP contribution in [0.3, 0.4) is 0 Å². The maximum atomic E-state index is 13.3. The zero-order chi connectivity index (χ0) is 17.2. The Kier molecular flexibility index (Phi) is 4.57. The van der Waals surface area contributed by atoms with E-state index in [0.29, 0.717) is 17.5 Å². The first-order chi connectivity index (χ1) is 12.3. The lowest BCUT2D eigenvalue weighted by Gasteiger charge is -2.36. The lowest BCUT2D eigenvalue weighted by atomic mass is 9.95. The first-order valence-corrected chi connectivity index (χ1v) is 9.74. The van der Waals surface area contributed by atoms with E-state index in [9.17, 15) is 9.59 Å². The maximum absolute atomic E-state index is 13.3. The number of hydrogen-bond donors (Lipinski definition) is 0. The second kappa shape index (κ2) is 7.00. The molecule has 1 aromatic heterocycles. The molecule has 5 heteroatoms. The predicted molar refractivity (Wildman–Crippen MR) is 98.0 cm³/mol. The fraction of sp³-hybridized carbons (Fsp3) is 0.350. The summed E-state index contributed by atoms with van der Waals surface area (Å²) in [5.41, 5.74) is 2.47. The third-order valence-corrected chi connectivity index (χ3v) is 6.09. The molecule has 0 radical (unpaired) electrons. The van der Waals surface area contributed by atoms with Crippen molar-refractivity contribution in [2.45, 2.75) is 36.6 Å². The molecule has 1 fully saturated rings. The van der Waals surface area contributed by atoms with Crippen molar-refractivity contribution in [3.63, 3.8) is 0 Å². The molecule has 0 saturated carbocycles. The molecule has 1 saturated heterocycles. The van der Waals surface area contributed by atoms with Gasteiger partial charge in [-0.25, -0.2) is 0 Å². The van der Waals surface area contributed by atoms with Crippen LogP contribution in [-0.2, 0) is 0 Å². The molecular formula is C20H20N2O2S. The Morgan fingerprint density at radius 3 is 2.96 bits per heavy atom. The number of fused-ring (bicyclic) bond motifs is 1. The Morgan fingerprint density at radius 2 is 2.12 bits per heavy atom. The number of benzene rings is 1. The summed E-state index contributed by atoms with van der Waals surface area (Å²) in [6, 6.07) is 9.57. The van der Waals surface area contributed by atoms with Gasteiger partial charge in [-0.2, -0.15) is 0 Å². The summed E-state index contributed by atoms with van der Waals surface area (Å²) < 4.78 is 0. The lowest BCUT2D eigenvalue weighted by molar-refractivity contribution is 0.0607. The zero-order valence-electron chi connectivity index (χ0n) is 14.0. The minimum absolute atomic E-state index is 0.0348. The summed E-state index contributed by atoms with van der Waals surface area (Å²) in [7, 11) is 0. The van der Waals surface area contributed by atoms with Gasteiger partial charge in [0.05, 0.1) is 11.6 Å². The summed E-state index contributed by atoms with van der Waals surface area (Å²) in [6.07, 6.45) is 7.26. The number of Topliss-reactive ketones (excluding diaryl/α,β-unsaturated/α-hetero) is 1. The van der Waals surface area contributed by atoms with Crippen molar-refractivity contribution < 1.29 is 9.59 Å². The van der Waals surface area contributed by atoms with Crippen LogP contribution in [0.25, 0.3) is 0 Å². The van der Waals surface area contributed by atoms with Crippen molar-refractivity contribution in [3.05, 3.63) is 59.4 Å². The Labute approximate surface area is 151 Å². The van der Waals surface area contributed by atoms with E-state index in [2.05, 4.69) is 4.98 Å². The normalized spacial score (nSPS) is 20.2. The number of amides is 1. The standard InChI is InChI=1S/C20H20N2O2S/c23-18-9-12-25-19-15(18)6-3-7-16(19)20(24)22-11-2-1-8-17(22)14-5-4-10-21-13-14/h3-7,10,13,17H,1-2,8-9,11-12H2/t17-/m0/s1. The van der Waals surface area contributed by atoms with Gasteiger partial charge in [-0.1, -0.05) is 18.2 Å². The number of aromatic nitrogens is 1. The molecular weight excluding hydrogens is 332 g/mol. The van der Waals surface area contributed by atoms with E-state index in [0.717, 1.165) is 42.0 Å². The first kappa shape index (κ1) is 16.3. The molecule has 3 heterocycles. The van der Waals surface area contributed by atoms with Crippen molar-refractivity contribution in [1.29, 1.82) is 0 Å². The fourth-order valence-corrected chi connectivity index (χ4v) is 4.85. The Morgan fingerprint density at radius 1 is 1.20 bits per heavy atom. The van der Waals surface area contributed by atoms with E-state index in [4.69, 9.17) is 0 Å². The number of likely N-dealkylation sites (tertiary alicyclic amines) is 1. The van der Waals surface area contributed by atoms with Gasteiger partial charge in [0.1, 0.15) is 0 Å². The van der Waals surface area contributed by atoms with E-state index >= 15 is 0 Å². The summed E-state index contributed by atoms with van der Waals surface area (Å²) in [6.45, 7) is 0.751. The number of piperidine rings is 1. The van der Waals surface area contributed by atoms with Crippen LogP contribution in [0.2, 0.25) is 0 Å². The van der Waals surface area contributed by atoms with Crippen LogP contribution in [-0.4, -0.2) is 33.9 Å². The molecule has 1 atom stereocenters. The molecule has 1 amide bonds. The number of carbonyl (C=O) groups is 2. The van der Waals surface area contributed by atoms with E-state index in [-0.39, 0.29) is 17.7 Å². The van der Waals surface area contributed by atoms with Gasteiger partial charge in [-0.3, -0.25) is 14.6 Å². The highest BCUT2D eigenvalue weighted by molar-refractivity contribution is 7.99. The molecule has 2 aliphatic rings. The van der Waals surface area contributed by atoms with Crippen LogP contribution in [0.5, 0.6) is 0 Å². The first-order valence-electron chi connectivity index (χ1n) is 8.75. The van der Waals surface area contributed by atoms with Gasteiger partial charge in [0, 0.05) is 41.6 Å². The number of rotatable bonds is 2. The van der Waals surface area contributed by atoms with Crippen LogP contribution < -0.4 is 0 Å². The average Bonchev–Trinajstić information content (AvgIpc) is 2.68. The quantitative estimate of drug-likeness (QED) is 0.815. The summed E-state index contributed by atoms with van der Waals surface area (Å²) >= 11 is 1.63. The molecule has 0 aliphatic carbocycles. The van der Waals surface area contributed by atoms with Crippen molar-refractivity contribution in [2.24, 2.45) is 0 Å². The van der Waals surface area contributed by atoms with Crippen LogP contribution in [0.4, 0.5) is 0 Å². The largest absolute Gasteiger partial charge is 0.332 e. The number of pyridine rings is 1. The average molecular weight is 352 g/mol. The molecule has 25 heavy (non-hydrogen) atoms. The summed E-state index contributed by atoms with van der Waals surface area (Å²) in [4.78, 5) is 32.6. The van der Waals surface area contributed by atoms with E-state index in [1.807, 2.05) is 41.4 Å². The predicted octanol–water partition coefficient (Wildman–Crippen LogP) is 4.13. The second-order valence-corrected chi connectivity index (χ2v) is 7.61. The highest BCUT2D eigenvalue weighted by Gasteiger charge is 2.31. The lowest BCUT2D eigenvalue weighted by Crippen LogP contribution is -2.39. The number of ketones is 1. The number of nitrogens with zero attached hydrogens (tertiary/aromatic N) is 2. The third-order valence-electron chi connectivity index (χ3n) is 4.95. The van der Waals surface area contributed by atoms with Crippen molar-refractivity contribution in [3.8, 4) is 0 Å². The Bertz CT molecular complexity index is 807. The maximum Gasteiger partial charge on any atom is 0.255 e. The van der Waals surface area contributed by atoms with Gasteiger partial charge in [-0.15, -0.1) is 11.8 Å². The molecule has 0 spiro atoms. The minimum atomic E-state index is 0.0348. The highest BCUT2D eigenvalue weighted by atomic mass is 32.2. The zero-order valence-corrected chi connectivity index (χ0v) is 14.8. The molecule has 128 valence electrons. The van der Waals surface area contributed by atoms with Gasteiger partial charge in [0.2, 0.25) is 0 Å². The topological polar surface area (TPSA) is 50.3 Å². The summed E-state index contributed by atoms with van der Waals surface area (Å²) in [5.74, 6) is 0.931.